The van der Waals surface area contributed by atoms with Crippen molar-refractivity contribution in [2.24, 2.45) is 0 Å². The zero-order chi connectivity index (χ0) is 11.5. The van der Waals surface area contributed by atoms with E-state index in [4.69, 9.17) is 0 Å². The number of aryl methyl sites for hydroxylation is 1. The first kappa shape index (κ1) is 10.9. The molecule has 0 atom stereocenters. The molecule has 5 heteroatoms. The van der Waals surface area contributed by atoms with Gasteiger partial charge in [-0.1, -0.05) is 22.0 Å². The van der Waals surface area contributed by atoms with Crippen LogP contribution < -0.4 is 5.32 Å². The van der Waals surface area contributed by atoms with E-state index in [0.717, 1.165) is 10.0 Å². The number of rotatable bonds is 2. The van der Waals surface area contributed by atoms with Crippen molar-refractivity contribution in [1.29, 1.82) is 0 Å². The third-order valence-electron chi connectivity index (χ3n) is 2.16. The summed E-state index contributed by atoms with van der Waals surface area (Å²) in [4.78, 5) is 18.5. The average Bonchev–Trinajstić information content (AvgIpc) is 2.74. The quantitative estimate of drug-likeness (QED) is 0.888. The number of anilines is 1. The number of carbonyl (C=O) groups excluding carboxylic acids is 1. The van der Waals surface area contributed by atoms with Gasteiger partial charge in [-0.2, -0.15) is 0 Å². The van der Waals surface area contributed by atoms with Gasteiger partial charge in [0, 0.05) is 22.4 Å². The largest absolute Gasteiger partial charge is 0.331 e. The third kappa shape index (κ3) is 2.30. The maximum atomic E-state index is 11.8. The number of halogens is 1. The SMILES string of the molecule is Cc1ccc(C(=O)Nc2ncc[nH]2)cc1Br. The summed E-state index contributed by atoms with van der Waals surface area (Å²) in [5.41, 5.74) is 1.68. The molecule has 2 N–H and O–H groups in total. The molecular weight excluding hydrogens is 270 g/mol. The van der Waals surface area contributed by atoms with E-state index < -0.39 is 0 Å². The smallest absolute Gasteiger partial charge is 0.258 e. The van der Waals surface area contributed by atoms with Crippen LogP contribution in [-0.2, 0) is 0 Å². The Morgan fingerprint density at radius 3 is 2.94 bits per heavy atom. The highest BCUT2D eigenvalue weighted by Gasteiger charge is 2.08. The number of H-pyrrole nitrogens is 1. The number of amides is 1. The molecule has 0 radical (unpaired) electrons. The summed E-state index contributed by atoms with van der Waals surface area (Å²) in [6.45, 7) is 1.97. The molecule has 0 spiro atoms. The van der Waals surface area contributed by atoms with Crippen LogP contribution in [0.3, 0.4) is 0 Å². The molecule has 16 heavy (non-hydrogen) atoms. The molecule has 4 nitrogen and oxygen atoms in total. The zero-order valence-corrected chi connectivity index (χ0v) is 10.2. The molecule has 0 aliphatic carbocycles. The molecule has 0 unspecified atom stereocenters. The lowest BCUT2D eigenvalue weighted by molar-refractivity contribution is 0.102. The topological polar surface area (TPSA) is 57.8 Å². The number of hydrogen-bond donors (Lipinski definition) is 2. The Balaban J connectivity index is 2.18. The first-order valence-corrected chi connectivity index (χ1v) is 5.53. The normalized spacial score (nSPS) is 10.1. The summed E-state index contributed by atoms with van der Waals surface area (Å²) in [6.07, 6.45) is 3.24. The van der Waals surface area contributed by atoms with Gasteiger partial charge in [0.1, 0.15) is 0 Å². The molecule has 0 saturated carbocycles. The molecule has 1 amide bonds. The van der Waals surface area contributed by atoms with Crippen molar-refractivity contribution in [2.45, 2.75) is 6.92 Å². The van der Waals surface area contributed by atoms with Gasteiger partial charge in [-0.15, -0.1) is 0 Å². The first-order chi connectivity index (χ1) is 7.66. The number of aromatic nitrogens is 2. The minimum atomic E-state index is -0.185. The van der Waals surface area contributed by atoms with E-state index in [-0.39, 0.29) is 5.91 Å². The van der Waals surface area contributed by atoms with Crippen LogP contribution in [0, 0.1) is 6.92 Å². The number of benzene rings is 1. The fraction of sp³-hybridized carbons (Fsp3) is 0.0909. The summed E-state index contributed by atoms with van der Waals surface area (Å²) < 4.78 is 0.916. The average molecular weight is 280 g/mol. The zero-order valence-electron chi connectivity index (χ0n) is 8.62. The molecule has 0 bridgehead atoms. The minimum absolute atomic E-state index is 0.185. The number of aromatic amines is 1. The highest BCUT2D eigenvalue weighted by molar-refractivity contribution is 9.10. The van der Waals surface area contributed by atoms with Crippen LogP contribution >= 0.6 is 15.9 Å². The summed E-state index contributed by atoms with van der Waals surface area (Å²) >= 11 is 3.39. The van der Waals surface area contributed by atoms with Crippen LogP contribution in [0.1, 0.15) is 15.9 Å². The molecule has 0 saturated heterocycles. The lowest BCUT2D eigenvalue weighted by Gasteiger charge is -2.04. The summed E-state index contributed by atoms with van der Waals surface area (Å²) in [5, 5.41) is 2.66. The van der Waals surface area contributed by atoms with Crippen molar-refractivity contribution >= 4 is 27.8 Å². The fourth-order valence-corrected chi connectivity index (χ4v) is 1.63. The second-order valence-corrected chi connectivity index (χ2v) is 4.21. The fourth-order valence-electron chi connectivity index (χ4n) is 1.25. The molecule has 0 aliphatic heterocycles. The van der Waals surface area contributed by atoms with E-state index in [1.165, 1.54) is 0 Å². The predicted octanol–water partition coefficient (Wildman–Crippen LogP) is 2.73. The van der Waals surface area contributed by atoms with E-state index >= 15 is 0 Å². The minimum Gasteiger partial charge on any atom is -0.331 e. The molecule has 0 fully saturated rings. The number of imidazole rings is 1. The standard InChI is InChI=1S/C11H10BrN3O/c1-7-2-3-8(6-9(7)12)10(16)15-11-13-4-5-14-11/h2-6H,1H3,(H2,13,14,15,16). The Morgan fingerprint density at radius 1 is 1.50 bits per heavy atom. The molecule has 2 aromatic rings. The summed E-state index contributed by atoms with van der Waals surface area (Å²) in [7, 11) is 0. The molecule has 1 aromatic heterocycles. The van der Waals surface area contributed by atoms with Gasteiger partial charge in [0.15, 0.2) is 0 Å². The highest BCUT2D eigenvalue weighted by atomic mass is 79.9. The van der Waals surface area contributed by atoms with Gasteiger partial charge in [0.2, 0.25) is 5.95 Å². The first-order valence-electron chi connectivity index (χ1n) is 4.73. The van der Waals surface area contributed by atoms with Crippen LogP contribution in [-0.4, -0.2) is 15.9 Å². The van der Waals surface area contributed by atoms with Gasteiger partial charge in [0.05, 0.1) is 0 Å². The molecule has 82 valence electrons. The Morgan fingerprint density at radius 2 is 2.31 bits per heavy atom. The maximum absolute atomic E-state index is 11.8. The number of carbonyl (C=O) groups is 1. The van der Waals surface area contributed by atoms with E-state index in [1.54, 1.807) is 24.5 Å². The second kappa shape index (κ2) is 4.49. The Labute approximate surface area is 101 Å². The van der Waals surface area contributed by atoms with Crippen LogP contribution in [0.15, 0.2) is 35.1 Å². The Bertz CT molecular complexity index is 508. The lowest BCUT2D eigenvalue weighted by Crippen LogP contribution is -2.12. The van der Waals surface area contributed by atoms with E-state index in [1.807, 2.05) is 13.0 Å². The molecule has 1 aromatic carbocycles. The van der Waals surface area contributed by atoms with Crippen LogP contribution in [0.25, 0.3) is 0 Å². The van der Waals surface area contributed by atoms with Gasteiger partial charge in [-0.05, 0) is 24.6 Å². The summed E-state index contributed by atoms with van der Waals surface area (Å²) in [6, 6.07) is 5.45. The third-order valence-corrected chi connectivity index (χ3v) is 3.02. The van der Waals surface area contributed by atoms with Crippen LogP contribution in [0.5, 0.6) is 0 Å². The summed E-state index contributed by atoms with van der Waals surface area (Å²) in [5.74, 6) is 0.261. The van der Waals surface area contributed by atoms with Gasteiger partial charge < -0.3 is 4.98 Å². The van der Waals surface area contributed by atoms with Crippen molar-refractivity contribution in [3.8, 4) is 0 Å². The number of nitrogens with zero attached hydrogens (tertiary/aromatic N) is 1. The molecule has 0 aliphatic rings. The van der Waals surface area contributed by atoms with Gasteiger partial charge >= 0.3 is 0 Å². The van der Waals surface area contributed by atoms with Crippen molar-refractivity contribution in [2.75, 3.05) is 5.32 Å². The number of hydrogen-bond acceptors (Lipinski definition) is 2. The van der Waals surface area contributed by atoms with Crippen molar-refractivity contribution in [1.82, 2.24) is 9.97 Å². The lowest BCUT2D eigenvalue weighted by atomic mass is 10.1. The number of nitrogens with one attached hydrogen (secondary N) is 2. The van der Waals surface area contributed by atoms with E-state index in [2.05, 4.69) is 31.2 Å². The molecule has 2 rings (SSSR count). The van der Waals surface area contributed by atoms with Gasteiger partial charge in [0.25, 0.3) is 5.91 Å². The van der Waals surface area contributed by atoms with Crippen LogP contribution in [0.4, 0.5) is 5.95 Å². The van der Waals surface area contributed by atoms with Crippen molar-refractivity contribution < 1.29 is 4.79 Å². The molecule has 1 heterocycles. The molecular formula is C11H10BrN3O. The highest BCUT2D eigenvalue weighted by Crippen LogP contribution is 2.17. The van der Waals surface area contributed by atoms with Crippen molar-refractivity contribution in [3.63, 3.8) is 0 Å². The predicted molar refractivity (Wildman–Crippen MR) is 65.4 cm³/mol. The monoisotopic (exact) mass is 279 g/mol. The van der Waals surface area contributed by atoms with E-state index in [0.29, 0.717) is 11.5 Å². The van der Waals surface area contributed by atoms with Crippen LogP contribution in [0.2, 0.25) is 0 Å². The Hall–Kier alpha value is -1.62. The van der Waals surface area contributed by atoms with Gasteiger partial charge in [-0.25, -0.2) is 4.98 Å². The second-order valence-electron chi connectivity index (χ2n) is 3.36. The van der Waals surface area contributed by atoms with Crippen molar-refractivity contribution in [3.05, 3.63) is 46.2 Å². The van der Waals surface area contributed by atoms with E-state index in [9.17, 15) is 4.79 Å². The maximum Gasteiger partial charge on any atom is 0.258 e. The van der Waals surface area contributed by atoms with Gasteiger partial charge in [-0.3, -0.25) is 10.1 Å². The Kier molecular flexibility index (Phi) is 3.05.